The summed E-state index contributed by atoms with van der Waals surface area (Å²) in [4.78, 5) is 23.5. The van der Waals surface area contributed by atoms with Crippen LogP contribution < -0.4 is 21.1 Å². The molecule has 7 heteroatoms. The Morgan fingerprint density at radius 1 is 1.17 bits per heavy atom. The number of amides is 2. The number of benzene rings is 2. The third kappa shape index (κ3) is 4.39. The Morgan fingerprint density at radius 3 is 2.54 bits per heavy atom. The highest BCUT2D eigenvalue weighted by molar-refractivity contribution is 6.32. The van der Waals surface area contributed by atoms with E-state index in [4.69, 9.17) is 22.1 Å². The average molecular weight is 348 g/mol. The van der Waals surface area contributed by atoms with Crippen LogP contribution in [-0.4, -0.2) is 25.0 Å². The first-order valence-electron chi connectivity index (χ1n) is 7.21. The lowest BCUT2D eigenvalue weighted by Crippen LogP contribution is -2.32. The van der Waals surface area contributed by atoms with Crippen molar-refractivity contribution in [1.29, 1.82) is 0 Å². The van der Waals surface area contributed by atoms with Crippen LogP contribution in [0.1, 0.15) is 17.3 Å². The van der Waals surface area contributed by atoms with Crippen molar-refractivity contribution < 1.29 is 14.3 Å². The molecule has 0 spiro atoms. The van der Waals surface area contributed by atoms with Crippen LogP contribution in [0.4, 0.5) is 11.4 Å². The molecule has 2 aromatic carbocycles. The van der Waals surface area contributed by atoms with E-state index in [0.29, 0.717) is 27.7 Å². The molecule has 0 bridgehead atoms. The number of anilines is 2. The summed E-state index contributed by atoms with van der Waals surface area (Å²) in [6, 6.07) is 11.1. The van der Waals surface area contributed by atoms with Gasteiger partial charge in [0.15, 0.2) is 0 Å². The lowest BCUT2D eigenvalue weighted by atomic mass is 10.1. The van der Waals surface area contributed by atoms with Gasteiger partial charge in [-0.25, -0.2) is 0 Å². The Balaban J connectivity index is 2.03. The van der Waals surface area contributed by atoms with Gasteiger partial charge in [-0.05, 0) is 43.3 Å². The Morgan fingerprint density at radius 2 is 1.92 bits per heavy atom. The van der Waals surface area contributed by atoms with Crippen molar-refractivity contribution in [3.63, 3.8) is 0 Å². The molecule has 4 N–H and O–H groups in total. The maximum absolute atomic E-state index is 12.3. The Labute approximate surface area is 144 Å². The van der Waals surface area contributed by atoms with Crippen LogP contribution in [0, 0.1) is 0 Å². The molecule has 0 fully saturated rings. The predicted octanol–water partition coefficient (Wildman–Crippen LogP) is 2.89. The standard InChI is InChI=1S/C17H18ClN3O3/c1-10(20-12-5-3-4-11(8-12)16(19)22)17(23)21-13-6-7-15(24-2)14(18)9-13/h3-10,20H,1-2H3,(H2,19,22)(H,21,23). The molecule has 0 heterocycles. The number of nitrogens with two attached hydrogens (primary N) is 1. The lowest BCUT2D eigenvalue weighted by Gasteiger charge is -2.16. The van der Waals surface area contributed by atoms with Gasteiger partial charge in [-0.3, -0.25) is 9.59 Å². The number of primary amides is 1. The number of nitrogens with one attached hydrogen (secondary N) is 2. The van der Waals surface area contributed by atoms with E-state index in [2.05, 4.69) is 10.6 Å². The molecule has 0 aliphatic carbocycles. The fourth-order valence-corrected chi connectivity index (χ4v) is 2.33. The minimum atomic E-state index is -0.533. The molecule has 126 valence electrons. The number of methoxy groups -OCH3 is 1. The third-order valence-electron chi connectivity index (χ3n) is 3.34. The summed E-state index contributed by atoms with van der Waals surface area (Å²) in [5, 5.41) is 6.18. The van der Waals surface area contributed by atoms with Gasteiger partial charge in [-0.1, -0.05) is 17.7 Å². The molecular formula is C17H18ClN3O3. The van der Waals surface area contributed by atoms with Crippen molar-refractivity contribution in [2.75, 3.05) is 17.7 Å². The molecule has 0 saturated heterocycles. The van der Waals surface area contributed by atoms with Crippen molar-refractivity contribution in [3.8, 4) is 5.75 Å². The van der Waals surface area contributed by atoms with Crippen LogP contribution in [0.2, 0.25) is 5.02 Å². The number of hydrogen-bond acceptors (Lipinski definition) is 4. The highest BCUT2D eigenvalue weighted by atomic mass is 35.5. The Kier molecular flexibility index (Phi) is 5.65. The number of rotatable bonds is 6. The minimum Gasteiger partial charge on any atom is -0.495 e. The van der Waals surface area contributed by atoms with E-state index < -0.39 is 11.9 Å². The van der Waals surface area contributed by atoms with Gasteiger partial charge in [0.2, 0.25) is 11.8 Å². The normalized spacial score (nSPS) is 11.5. The van der Waals surface area contributed by atoms with E-state index in [9.17, 15) is 9.59 Å². The van der Waals surface area contributed by atoms with Crippen LogP contribution in [0.5, 0.6) is 5.75 Å². The van der Waals surface area contributed by atoms with Gasteiger partial charge >= 0.3 is 0 Å². The fourth-order valence-electron chi connectivity index (χ4n) is 2.07. The van der Waals surface area contributed by atoms with E-state index in [1.165, 1.54) is 7.11 Å². The zero-order chi connectivity index (χ0) is 17.7. The maximum atomic E-state index is 12.3. The molecule has 0 aliphatic rings. The van der Waals surface area contributed by atoms with Crippen LogP contribution in [0.3, 0.4) is 0 Å². The molecule has 0 aliphatic heterocycles. The molecule has 2 amide bonds. The molecule has 0 aromatic heterocycles. The smallest absolute Gasteiger partial charge is 0.248 e. The van der Waals surface area contributed by atoms with Crippen LogP contribution >= 0.6 is 11.6 Å². The second kappa shape index (κ2) is 7.70. The van der Waals surface area contributed by atoms with Crippen LogP contribution in [-0.2, 0) is 4.79 Å². The van der Waals surface area contributed by atoms with Crippen molar-refractivity contribution in [2.24, 2.45) is 5.73 Å². The number of halogens is 1. The summed E-state index contributed by atoms with van der Waals surface area (Å²) in [6.07, 6.45) is 0. The SMILES string of the molecule is COc1ccc(NC(=O)C(C)Nc2cccc(C(N)=O)c2)cc1Cl. The van der Waals surface area contributed by atoms with E-state index in [-0.39, 0.29) is 5.91 Å². The van der Waals surface area contributed by atoms with Gasteiger partial charge in [-0.2, -0.15) is 0 Å². The quantitative estimate of drug-likeness (QED) is 0.749. The largest absolute Gasteiger partial charge is 0.495 e. The highest BCUT2D eigenvalue weighted by Crippen LogP contribution is 2.27. The van der Waals surface area contributed by atoms with Gasteiger partial charge < -0.3 is 21.1 Å². The molecular weight excluding hydrogens is 330 g/mol. The van der Waals surface area contributed by atoms with E-state index in [0.717, 1.165) is 0 Å². The number of carbonyl (C=O) groups is 2. The van der Waals surface area contributed by atoms with Crippen molar-refractivity contribution in [2.45, 2.75) is 13.0 Å². The van der Waals surface area contributed by atoms with Crippen molar-refractivity contribution in [1.82, 2.24) is 0 Å². The van der Waals surface area contributed by atoms with Gasteiger partial charge in [0.05, 0.1) is 12.1 Å². The zero-order valence-corrected chi connectivity index (χ0v) is 14.1. The first-order chi connectivity index (χ1) is 11.4. The first-order valence-corrected chi connectivity index (χ1v) is 7.59. The van der Waals surface area contributed by atoms with Crippen LogP contribution in [0.15, 0.2) is 42.5 Å². The Hall–Kier alpha value is -2.73. The maximum Gasteiger partial charge on any atom is 0.248 e. The van der Waals surface area contributed by atoms with E-state index >= 15 is 0 Å². The summed E-state index contributed by atoms with van der Waals surface area (Å²) < 4.78 is 5.07. The summed E-state index contributed by atoms with van der Waals surface area (Å²) in [6.45, 7) is 1.71. The molecule has 1 unspecified atom stereocenters. The average Bonchev–Trinajstić information content (AvgIpc) is 2.55. The second-order valence-corrected chi connectivity index (χ2v) is 5.56. The predicted molar refractivity (Wildman–Crippen MR) is 94.7 cm³/mol. The van der Waals surface area contributed by atoms with Gasteiger partial charge in [0, 0.05) is 16.9 Å². The number of hydrogen-bond donors (Lipinski definition) is 3. The first kappa shape index (κ1) is 17.6. The van der Waals surface area contributed by atoms with Gasteiger partial charge in [0.25, 0.3) is 0 Å². The summed E-state index contributed by atoms with van der Waals surface area (Å²) >= 11 is 6.03. The van der Waals surface area contributed by atoms with E-state index in [1.807, 2.05) is 0 Å². The summed E-state index contributed by atoms with van der Waals surface area (Å²) in [5.74, 6) is -0.242. The van der Waals surface area contributed by atoms with Crippen molar-refractivity contribution in [3.05, 3.63) is 53.1 Å². The number of ether oxygens (including phenoxy) is 1. The molecule has 2 rings (SSSR count). The molecule has 0 saturated carbocycles. The van der Waals surface area contributed by atoms with Crippen LogP contribution in [0.25, 0.3) is 0 Å². The highest BCUT2D eigenvalue weighted by Gasteiger charge is 2.14. The zero-order valence-electron chi connectivity index (χ0n) is 13.3. The van der Waals surface area contributed by atoms with Gasteiger partial charge in [-0.15, -0.1) is 0 Å². The van der Waals surface area contributed by atoms with Crippen molar-refractivity contribution >= 4 is 34.8 Å². The fraction of sp³-hybridized carbons (Fsp3) is 0.176. The second-order valence-electron chi connectivity index (χ2n) is 5.15. The molecule has 2 aromatic rings. The summed E-state index contributed by atoms with van der Waals surface area (Å²) in [5.41, 5.74) is 6.80. The van der Waals surface area contributed by atoms with Gasteiger partial charge in [0.1, 0.15) is 11.8 Å². The monoisotopic (exact) mass is 347 g/mol. The lowest BCUT2D eigenvalue weighted by molar-refractivity contribution is -0.116. The Bertz CT molecular complexity index is 764. The topological polar surface area (TPSA) is 93.4 Å². The summed E-state index contributed by atoms with van der Waals surface area (Å²) in [7, 11) is 1.52. The van der Waals surface area contributed by atoms with E-state index in [1.54, 1.807) is 49.4 Å². The number of carbonyl (C=O) groups excluding carboxylic acids is 2. The third-order valence-corrected chi connectivity index (χ3v) is 3.64. The minimum absolute atomic E-state index is 0.249. The molecule has 0 radical (unpaired) electrons. The molecule has 24 heavy (non-hydrogen) atoms. The molecule has 6 nitrogen and oxygen atoms in total. The molecule has 1 atom stereocenters.